The van der Waals surface area contributed by atoms with Gasteiger partial charge in [0.2, 0.25) is 0 Å². The van der Waals surface area contributed by atoms with Crippen LogP contribution in [0.15, 0.2) is 52.3 Å². The van der Waals surface area contributed by atoms with Crippen molar-refractivity contribution in [2.75, 3.05) is 0 Å². The normalized spacial score (nSPS) is 16.2. The molecule has 2 aromatic carbocycles. The summed E-state index contributed by atoms with van der Waals surface area (Å²) in [5, 5.41) is 2.22. The topological polar surface area (TPSA) is 21.6 Å². The van der Waals surface area contributed by atoms with E-state index in [4.69, 9.17) is 9.42 Å². The van der Waals surface area contributed by atoms with E-state index in [1.54, 1.807) is 0 Å². The fourth-order valence-electron chi connectivity index (χ4n) is 6.17. The number of thiophene rings is 1. The van der Waals surface area contributed by atoms with Gasteiger partial charge >= 0.3 is 0 Å². The van der Waals surface area contributed by atoms with E-state index >= 15 is 0 Å². The molecule has 2 nitrogen and oxygen atoms in total. The van der Waals surface area contributed by atoms with Crippen molar-refractivity contribution in [3.63, 3.8) is 0 Å². The molecule has 4 rings (SSSR count). The van der Waals surface area contributed by atoms with Gasteiger partial charge in [-0.05, 0) is 94.1 Å². The van der Waals surface area contributed by atoms with Crippen molar-refractivity contribution < 1.29 is 4.43 Å². The standard InChI is InChI=1S/C37H51NOSSi/c1-23(2)27-15-14-16-28(24(3)4)34(27)38-22-30-31(37(9,10)11)20-26(36(6,7)8)21-32(30)39-41(12,13)35-25(5)19-33-29(35)17-18-40-33/h14-24,35H,1-13H3. The monoisotopic (exact) mass is 585 g/mol. The molecule has 41 heavy (non-hydrogen) atoms. The molecule has 0 N–H and O–H groups in total. The van der Waals surface area contributed by atoms with Crippen LogP contribution in [0, 0.1) is 0 Å². The Hall–Kier alpha value is -2.43. The summed E-state index contributed by atoms with van der Waals surface area (Å²) in [7, 11) is -2.27. The fourth-order valence-corrected chi connectivity index (χ4v) is 10.3. The molecule has 1 aromatic heterocycles. The van der Waals surface area contributed by atoms with Crippen LogP contribution >= 0.6 is 11.3 Å². The number of fused-ring (bicyclic) bond motifs is 1. The van der Waals surface area contributed by atoms with Gasteiger partial charge in [0, 0.05) is 22.2 Å². The van der Waals surface area contributed by atoms with E-state index in [0.717, 1.165) is 17.0 Å². The highest BCUT2D eigenvalue weighted by Crippen LogP contribution is 2.46. The molecule has 3 aromatic rings. The van der Waals surface area contributed by atoms with Gasteiger partial charge in [0.15, 0.2) is 0 Å². The summed E-state index contributed by atoms with van der Waals surface area (Å²) in [4.78, 5) is 6.71. The molecule has 0 saturated heterocycles. The molecule has 0 aliphatic heterocycles. The summed E-state index contributed by atoms with van der Waals surface area (Å²) < 4.78 is 7.34. The van der Waals surface area contributed by atoms with Gasteiger partial charge in [0.05, 0.1) is 5.69 Å². The first kappa shape index (κ1) is 31.5. The summed E-state index contributed by atoms with van der Waals surface area (Å²) in [5.74, 6) is 1.77. The van der Waals surface area contributed by atoms with E-state index in [1.807, 2.05) is 11.3 Å². The largest absolute Gasteiger partial charge is 0.543 e. The summed E-state index contributed by atoms with van der Waals surface area (Å²) in [6, 6.07) is 13.7. The molecule has 1 aliphatic carbocycles. The molecule has 4 heteroatoms. The lowest BCUT2D eigenvalue weighted by molar-refractivity contribution is 0.517. The van der Waals surface area contributed by atoms with Gasteiger partial charge < -0.3 is 4.43 Å². The lowest BCUT2D eigenvalue weighted by Gasteiger charge is -2.35. The van der Waals surface area contributed by atoms with Crippen LogP contribution < -0.4 is 4.43 Å². The van der Waals surface area contributed by atoms with Gasteiger partial charge in [-0.2, -0.15) is 0 Å². The van der Waals surface area contributed by atoms with Crippen molar-refractivity contribution in [2.24, 2.45) is 4.99 Å². The van der Waals surface area contributed by atoms with E-state index in [-0.39, 0.29) is 10.8 Å². The Morgan fingerprint density at radius 2 is 1.51 bits per heavy atom. The highest BCUT2D eigenvalue weighted by Gasteiger charge is 2.42. The maximum atomic E-state index is 7.34. The van der Waals surface area contributed by atoms with Gasteiger partial charge in [-0.25, -0.2) is 0 Å². The first-order valence-corrected chi connectivity index (χ1v) is 19.1. The number of para-hydroxylation sites is 1. The molecular formula is C37H51NOSSi. The van der Waals surface area contributed by atoms with E-state index in [0.29, 0.717) is 17.4 Å². The smallest absolute Gasteiger partial charge is 0.256 e. The zero-order valence-electron chi connectivity index (χ0n) is 27.7. The number of aliphatic imine (C=N–C) groups is 1. The molecule has 0 bridgehead atoms. The summed E-state index contributed by atoms with van der Waals surface area (Å²) >= 11 is 1.84. The zero-order valence-corrected chi connectivity index (χ0v) is 29.5. The lowest BCUT2D eigenvalue weighted by atomic mass is 9.78. The summed E-state index contributed by atoms with van der Waals surface area (Å²) in [6.45, 7) is 29.9. The number of hydrogen-bond donors (Lipinski definition) is 0. The van der Waals surface area contributed by atoms with Crippen molar-refractivity contribution in [1.82, 2.24) is 0 Å². The van der Waals surface area contributed by atoms with Crippen LogP contribution in [0.25, 0.3) is 6.08 Å². The molecule has 0 radical (unpaired) electrons. The van der Waals surface area contributed by atoms with E-state index < -0.39 is 8.32 Å². The maximum absolute atomic E-state index is 7.34. The highest BCUT2D eigenvalue weighted by atomic mass is 32.1. The van der Waals surface area contributed by atoms with Crippen LogP contribution in [0.4, 0.5) is 5.69 Å². The second kappa shape index (κ2) is 11.3. The Balaban J connectivity index is 1.94. The van der Waals surface area contributed by atoms with Gasteiger partial charge in [0.1, 0.15) is 5.75 Å². The molecule has 220 valence electrons. The molecule has 1 atom stereocenters. The Kier molecular flexibility index (Phi) is 8.71. The minimum Gasteiger partial charge on any atom is -0.543 e. The maximum Gasteiger partial charge on any atom is 0.256 e. The zero-order chi connectivity index (χ0) is 30.5. The molecule has 1 unspecified atom stereocenters. The van der Waals surface area contributed by atoms with Crippen molar-refractivity contribution in [3.05, 3.63) is 85.6 Å². The average molecular weight is 586 g/mol. The first-order chi connectivity index (χ1) is 18.9. The predicted octanol–water partition coefficient (Wildman–Crippen LogP) is 11.7. The van der Waals surface area contributed by atoms with Crippen LogP contribution in [-0.2, 0) is 10.8 Å². The predicted molar refractivity (Wildman–Crippen MR) is 185 cm³/mol. The van der Waals surface area contributed by atoms with Gasteiger partial charge in [0.25, 0.3) is 8.32 Å². The molecular weight excluding hydrogens is 535 g/mol. The van der Waals surface area contributed by atoms with Crippen molar-refractivity contribution in [2.45, 2.75) is 117 Å². The average Bonchev–Trinajstić information content (AvgIpc) is 3.40. The second-order valence-corrected chi connectivity index (χ2v) is 20.0. The second-order valence-electron chi connectivity index (χ2n) is 15.1. The third kappa shape index (κ3) is 6.49. The highest BCUT2D eigenvalue weighted by molar-refractivity contribution is 7.11. The summed E-state index contributed by atoms with van der Waals surface area (Å²) in [5.41, 5.74) is 10.5. The van der Waals surface area contributed by atoms with Crippen LogP contribution in [0.3, 0.4) is 0 Å². The number of benzene rings is 2. The van der Waals surface area contributed by atoms with Gasteiger partial charge in [-0.3, -0.25) is 4.99 Å². The van der Waals surface area contributed by atoms with Crippen LogP contribution in [0.2, 0.25) is 13.1 Å². The first-order valence-electron chi connectivity index (χ1n) is 15.2. The number of allylic oxidation sites excluding steroid dienone is 1. The fraction of sp³-hybridized carbons (Fsp3) is 0.486. The van der Waals surface area contributed by atoms with Crippen molar-refractivity contribution in [1.29, 1.82) is 0 Å². The van der Waals surface area contributed by atoms with Crippen LogP contribution in [-0.4, -0.2) is 14.5 Å². The Labute approximate surface area is 255 Å². The molecule has 0 fully saturated rings. The van der Waals surface area contributed by atoms with Crippen LogP contribution in [0.5, 0.6) is 5.75 Å². The SMILES string of the molecule is CC1=Cc2sccc2C1[Si](C)(C)Oc1cc(C(C)(C)C)cc(C(C)(C)C)c1C=Nc1c(C(C)C)cccc1C(C)C. The third-order valence-electron chi connectivity index (χ3n) is 8.40. The van der Waals surface area contributed by atoms with E-state index in [1.165, 1.54) is 38.3 Å². The van der Waals surface area contributed by atoms with E-state index in [2.05, 4.69) is 143 Å². The quantitative estimate of drug-likeness (QED) is 0.200. The molecule has 1 aliphatic rings. The van der Waals surface area contributed by atoms with Crippen molar-refractivity contribution in [3.8, 4) is 5.75 Å². The van der Waals surface area contributed by atoms with E-state index in [9.17, 15) is 0 Å². The molecule has 0 amide bonds. The third-order valence-corrected chi connectivity index (χ3v) is 12.2. The lowest BCUT2D eigenvalue weighted by Crippen LogP contribution is -2.42. The minimum atomic E-state index is -2.27. The van der Waals surface area contributed by atoms with Gasteiger partial charge in [-0.1, -0.05) is 99.1 Å². The Bertz CT molecular complexity index is 1450. The molecule has 0 spiro atoms. The Morgan fingerprint density at radius 3 is 2.05 bits per heavy atom. The van der Waals surface area contributed by atoms with Crippen LogP contribution in [0.1, 0.15) is 132 Å². The summed E-state index contributed by atoms with van der Waals surface area (Å²) in [6.07, 6.45) is 4.49. The minimum absolute atomic E-state index is 0.00174. The number of nitrogens with zero attached hydrogens (tertiary/aromatic N) is 1. The molecule has 1 heterocycles. The molecule has 0 saturated carbocycles. The van der Waals surface area contributed by atoms with Gasteiger partial charge in [-0.15, -0.1) is 11.3 Å². The Morgan fingerprint density at radius 1 is 0.902 bits per heavy atom. The van der Waals surface area contributed by atoms with Crippen molar-refractivity contribution >= 4 is 37.6 Å². The number of hydrogen-bond acceptors (Lipinski definition) is 3. The number of rotatable bonds is 7.